The second-order valence-electron chi connectivity index (χ2n) is 0.745. The molecule has 1 nitrogen and oxygen atoms in total. The summed E-state index contributed by atoms with van der Waals surface area (Å²) in [7, 11) is -6.00. The van der Waals surface area contributed by atoms with Gasteiger partial charge in [0.15, 0.2) is 0 Å². The van der Waals surface area contributed by atoms with Gasteiger partial charge in [-0.25, -0.2) is 0 Å². The minimum atomic E-state index is -6.00. The molecular formula is C2H4BF4LiN+. The van der Waals surface area contributed by atoms with Crippen LogP contribution in [0.4, 0.5) is 17.3 Å². The van der Waals surface area contributed by atoms with Gasteiger partial charge in [0.1, 0.15) is 0 Å². The van der Waals surface area contributed by atoms with Crippen LogP contribution in [-0.4, -0.2) is 7.25 Å². The first-order chi connectivity index (χ1) is 3.41. The summed E-state index contributed by atoms with van der Waals surface area (Å²) in [6, 6.07) is 2.00. The van der Waals surface area contributed by atoms with Gasteiger partial charge in [0.05, 0.1) is 6.92 Å². The van der Waals surface area contributed by atoms with Gasteiger partial charge in [-0.15, -0.1) is 5.26 Å². The standard InChI is InChI=1S/C2H3N.BF4.Li/c1-2-3;2-1(3,4)5;/h1H3;;/q;-1;+1/p+1. The van der Waals surface area contributed by atoms with Crippen molar-refractivity contribution in [3.63, 3.8) is 0 Å². The third-order valence-electron chi connectivity index (χ3n) is 0. The molecule has 0 aliphatic rings. The van der Waals surface area contributed by atoms with Gasteiger partial charge in [-0.3, -0.25) is 0 Å². The number of rotatable bonds is 0. The Labute approximate surface area is 62.3 Å². The van der Waals surface area contributed by atoms with E-state index in [9.17, 15) is 17.3 Å². The fraction of sp³-hybridized carbons (Fsp3) is 0.500. The topological polar surface area (TPSA) is 23.8 Å². The van der Waals surface area contributed by atoms with Crippen molar-refractivity contribution in [1.29, 1.82) is 0 Å². The van der Waals surface area contributed by atoms with E-state index in [0.717, 1.165) is 0 Å². The monoisotopic (exact) mass is 136 g/mol. The van der Waals surface area contributed by atoms with Gasteiger partial charge in [-0.1, -0.05) is 0 Å². The van der Waals surface area contributed by atoms with Crippen LogP contribution in [0.5, 0.6) is 0 Å². The Morgan fingerprint density at radius 3 is 1.22 bits per heavy atom. The number of halogens is 4. The summed E-state index contributed by atoms with van der Waals surface area (Å²) in [5, 5.41) is 5.96. The molecule has 0 aliphatic heterocycles. The Morgan fingerprint density at radius 1 is 1.22 bits per heavy atom. The van der Waals surface area contributed by atoms with Crippen molar-refractivity contribution >= 4 is 7.25 Å². The van der Waals surface area contributed by atoms with Gasteiger partial charge in [-0.05, 0) is 0 Å². The summed E-state index contributed by atoms with van der Waals surface area (Å²) in [5.74, 6) is 0. The molecule has 7 heteroatoms. The molecule has 0 saturated heterocycles. The zero-order chi connectivity index (χ0) is 7.21. The SMILES string of the molecule is CC#[NH+].F[B-](F)(F)F.[Li+]. The summed E-state index contributed by atoms with van der Waals surface area (Å²) < 4.78 is 39.0. The molecule has 0 radical (unpaired) electrons. The summed E-state index contributed by atoms with van der Waals surface area (Å²) in [6.45, 7) is 1.54. The summed E-state index contributed by atoms with van der Waals surface area (Å²) in [5.41, 5.74) is 0. The molecule has 0 aromatic rings. The first kappa shape index (κ1) is 15.9. The van der Waals surface area contributed by atoms with E-state index >= 15 is 0 Å². The molecule has 0 bridgehead atoms. The van der Waals surface area contributed by atoms with Crippen LogP contribution in [0.2, 0.25) is 0 Å². The van der Waals surface area contributed by atoms with Gasteiger partial charge in [0, 0.05) is 0 Å². The van der Waals surface area contributed by atoms with Crippen molar-refractivity contribution in [3.8, 4) is 6.07 Å². The van der Waals surface area contributed by atoms with Crippen LogP contribution in [0.3, 0.4) is 0 Å². The Balaban J connectivity index is -0.0000000800. The average Bonchev–Trinajstić information content (AvgIpc) is 1.27. The molecule has 0 saturated carbocycles. The second-order valence-corrected chi connectivity index (χ2v) is 0.745. The molecule has 0 rings (SSSR count). The van der Waals surface area contributed by atoms with E-state index in [1.807, 2.05) is 6.07 Å². The van der Waals surface area contributed by atoms with Gasteiger partial charge in [0.2, 0.25) is 0 Å². The zero-order valence-electron chi connectivity index (χ0n) is 5.09. The Bertz CT molecular complexity index is 79.5. The van der Waals surface area contributed by atoms with Gasteiger partial charge in [-0.2, -0.15) is 0 Å². The van der Waals surface area contributed by atoms with E-state index in [0.29, 0.717) is 0 Å². The zero-order valence-corrected chi connectivity index (χ0v) is 5.09. The van der Waals surface area contributed by atoms with E-state index in [2.05, 4.69) is 0 Å². The largest absolute Gasteiger partial charge is 1.00 e. The van der Waals surface area contributed by atoms with Gasteiger partial charge in [0.25, 0.3) is 6.07 Å². The summed E-state index contributed by atoms with van der Waals surface area (Å²) in [4.78, 5) is 0. The fourth-order valence-electron chi connectivity index (χ4n) is 0. The van der Waals surface area contributed by atoms with Crippen molar-refractivity contribution in [2.45, 2.75) is 6.92 Å². The first-order valence-corrected chi connectivity index (χ1v) is 1.62. The molecule has 1 N–H and O–H groups in total. The van der Waals surface area contributed by atoms with Crippen LogP contribution in [0.1, 0.15) is 6.92 Å². The number of hydrogen-bond donors (Lipinski definition) is 1. The molecule has 0 aromatic carbocycles. The maximum Gasteiger partial charge on any atom is 1.00 e. The second kappa shape index (κ2) is 7.87. The average molecular weight is 136 g/mol. The van der Waals surface area contributed by atoms with E-state index < -0.39 is 7.25 Å². The van der Waals surface area contributed by atoms with Crippen LogP contribution in [0.15, 0.2) is 0 Å². The fourth-order valence-corrected chi connectivity index (χ4v) is 0. The van der Waals surface area contributed by atoms with Crippen LogP contribution in [0, 0.1) is 6.07 Å². The predicted molar refractivity (Wildman–Crippen MR) is 20.7 cm³/mol. The van der Waals surface area contributed by atoms with Gasteiger partial charge >= 0.3 is 26.1 Å². The van der Waals surface area contributed by atoms with Crippen LogP contribution >= 0.6 is 0 Å². The minimum Gasteiger partial charge on any atom is -0.418 e. The third kappa shape index (κ3) is 16700. The smallest absolute Gasteiger partial charge is 0.418 e. The van der Waals surface area contributed by atoms with E-state index in [1.54, 1.807) is 6.92 Å². The van der Waals surface area contributed by atoms with Crippen molar-refractivity contribution in [1.82, 2.24) is 0 Å². The molecule has 0 aromatic heterocycles. The van der Waals surface area contributed by atoms with Crippen LogP contribution in [0.25, 0.3) is 0 Å². The van der Waals surface area contributed by atoms with E-state index in [-0.39, 0.29) is 18.9 Å². The van der Waals surface area contributed by atoms with Crippen molar-refractivity contribution in [2.75, 3.05) is 0 Å². The normalized spacial score (nSPS) is 7.56. The van der Waals surface area contributed by atoms with Crippen LogP contribution < -0.4 is 24.1 Å². The predicted octanol–water partition coefficient (Wildman–Crippen LogP) is -2.92. The molecule has 0 unspecified atom stereocenters. The molecule has 0 atom stereocenters. The van der Waals surface area contributed by atoms with Gasteiger partial charge < -0.3 is 17.3 Å². The van der Waals surface area contributed by atoms with Crippen molar-refractivity contribution < 1.29 is 41.4 Å². The molecular weight excluding hydrogens is 132 g/mol. The quantitative estimate of drug-likeness (QED) is 0.272. The van der Waals surface area contributed by atoms with Crippen molar-refractivity contribution in [3.05, 3.63) is 0 Å². The van der Waals surface area contributed by atoms with E-state index in [4.69, 9.17) is 5.26 Å². The number of hydrogen-bond acceptors (Lipinski definition) is 0. The maximum atomic E-state index is 9.75. The van der Waals surface area contributed by atoms with Crippen molar-refractivity contribution in [2.24, 2.45) is 0 Å². The maximum absolute atomic E-state index is 9.75. The molecule has 0 amide bonds. The third-order valence-corrected chi connectivity index (χ3v) is 0. The van der Waals surface area contributed by atoms with E-state index in [1.165, 1.54) is 0 Å². The minimum absolute atomic E-state index is 0. The summed E-state index contributed by atoms with van der Waals surface area (Å²) >= 11 is 0. The first-order valence-electron chi connectivity index (χ1n) is 1.62. The Hall–Kier alpha value is -0.128. The molecule has 48 valence electrons. The molecule has 0 aliphatic carbocycles. The molecule has 0 spiro atoms. The Morgan fingerprint density at radius 2 is 1.22 bits per heavy atom. The molecule has 0 fully saturated rings. The summed E-state index contributed by atoms with van der Waals surface area (Å²) in [6.07, 6.45) is 0. The molecule has 0 heterocycles. The van der Waals surface area contributed by atoms with Crippen LogP contribution in [-0.2, 0) is 0 Å². The molecule has 9 heavy (non-hydrogen) atoms. The Kier molecular flexibility index (Phi) is 13.9. The number of nitrogens with one attached hydrogen (secondary N) is 1.